The van der Waals surface area contributed by atoms with E-state index in [1.807, 2.05) is 13.8 Å². The fourth-order valence-corrected chi connectivity index (χ4v) is 5.74. The van der Waals surface area contributed by atoms with Gasteiger partial charge in [0, 0.05) is 5.92 Å². The van der Waals surface area contributed by atoms with Crippen LogP contribution >= 0.6 is 0 Å². The summed E-state index contributed by atoms with van der Waals surface area (Å²) in [6.07, 6.45) is 10.1. The molecule has 2 aliphatic rings. The van der Waals surface area contributed by atoms with Gasteiger partial charge in [-0.2, -0.15) is 0 Å². The summed E-state index contributed by atoms with van der Waals surface area (Å²) in [7, 11) is 0. The highest BCUT2D eigenvalue weighted by molar-refractivity contribution is 5.37. The molecule has 164 valence electrons. The molecule has 1 heterocycles. The first kappa shape index (κ1) is 23.0. The minimum Gasteiger partial charge on any atom is -0.390 e. The van der Waals surface area contributed by atoms with Crippen LogP contribution in [0.3, 0.4) is 0 Å². The van der Waals surface area contributed by atoms with E-state index in [4.69, 9.17) is 4.99 Å². The SMILES string of the molecule is CCC1=CC=CC(C(C)(C)O)C1C(C(C)C)[C@@H]1N=c2cccc(C(C)C)c2=CC1C. The van der Waals surface area contributed by atoms with Crippen LogP contribution < -0.4 is 10.6 Å². The van der Waals surface area contributed by atoms with E-state index < -0.39 is 5.60 Å². The first-order chi connectivity index (χ1) is 14.1. The van der Waals surface area contributed by atoms with Crippen LogP contribution in [0, 0.1) is 29.6 Å². The lowest BCUT2D eigenvalue weighted by molar-refractivity contribution is -0.00442. The molecule has 5 atom stereocenters. The van der Waals surface area contributed by atoms with Gasteiger partial charge in [-0.3, -0.25) is 4.99 Å². The van der Waals surface area contributed by atoms with Crippen LogP contribution in [-0.2, 0) is 0 Å². The van der Waals surface area contributed by atoms with Crippen LogP contribution in [-0.4, -0.2) is 16.7 Å². The van der Waals surface area contributed by atoms with Crippen LogP contribution in [0.5, 0.6) is 0 Å². The molecule has 1 aromatic rings. The molecule has 0 radical (unpaired) electrons. The van der Waals surface area contributed by atoms with E-state index in [0.29, 0.717) is 29.6 Å². The van der Waals surface area contributed by atoms with Gasteiger partial charge in [0.2, 0.25) is 0 Å². The van der Waals surface area contributed by atoms with E-state index >= 15 is 0 Å². The molecule has 0 aromatic heterocycles. The van der Waals surface area contributed by atoms with Gasteiger partial charge >= 0.3 is 0 Å². The van der Waals surface area contributed by atoms with Crippen molar-refractivity contribution >= 4 is 6.08 Å². The van der Waals surface area contributed by atoms with Crippen molar-refractivity contribution in [2.45, 2.75) is 79.4 Å². The Labute approximate surface area is 183 Å². The molecule has 2 heteroatoms. The third-order valence-electron chi connectivity index (χ3n) is 7.24. The van der Waals surface area contributed by atoms with E-state index in [-0.39, 0.29) is 12.0 Å². The molecule has 0 saturated heterocycles. The zero-order valence-corrected chi connectivity index (χ0v) is 20.2. The minimum absolute atomic E-state index is 0.107. The monoisotopic (exact) mass is 407 g/mol. The lowest BCUT2D eigenvalue weighted by Gasteiger charge is -2.46. The normalized spacial score (nSPS) is 27.4. The van der Waals surface area contributed by atoms with Crippen LogP contribution in [0.1, 0.15) is 73.3 Å². The lowest BCUT2D eigenvalue weighted by Crippen LogP contribution is -2.48. The summed E-state index contributed by atoms with van der Waals surface area (Å²) in [5, 5.41) is 13.5. The molecule has 2 nitrogen and oxygen atoms in total. The van der Waals surface area contributed by atoms with Crippen molar-refractivity contribution in [2.75, 3.05) is 0 Å². The van der Waals surface area contributed by atoms with Gasteiger partial charge in [0.25, 0.3) is 0 Å². The Morgan fingerprint density at radius 3 is 2.40 bits per heavy atom. The molecule has 3 rings (SSSR count). The van der Waals surface area contributed by atoms with Crippen molar-refractivity contribution in [3.8, 4) is 0 Å². The highest BCUT2D eigenvalue weighted by Crippen LogP contribution is 2.46. The standard InChI is InChI=1S/C28H41NO/c1-9-20-12-10-14-23(28(7,8)30)26(20)25(18(4)5)27-19(6)16-22-21(17(2)3)13-11-15-24(22)29-27/h10-19,23,25-27,30H,9H2,1-8H3/t19?,23?,25?,26?,27-/m1/s1. The highest BCUT2D eigenvalue weighted by atomic mass is 16.3. The summed E-state index contributed by atoms with van der Waals surface area (Å²) in [6.45, 7) is 17.7. The number of allylic oxidation sites excluding steroid dienone is 3. The molecular formula is C28H41NO. The quantitative estimate of drug-likeness (QED) is 0.672. The van der Waals surface area contributed by atoms with Gasteiger partial charge in [-0.15, -0.1) is 0 Å². The molecule has 0 spiro atoms. The fourth-order valence-electron chi connectivity index (χ4n) is 5.74. The van der Waals surface area contributed by atoms with Crippen molar-refractivity contribution in [2.24, 2.45) is 34.6 Å². The molecule has 0 fully saturated rings. The number of hydrogen-bond donors (Lipinski definition) is 1. The molecule has 1 aliphatic carbocycles. The average molecular weight is 408 g/mol. The summed E-state index contributed by atoms with van der Waals surface area (Å²) in [6, 6.07) is 6.80. The van der Waals surface area contributed by atoms with Gasteiger partial charge in [0.05, 0.1) is 17.0 Å². The number of fused-ring (bicyclic) bond motifs is 1. The third kappa shape index (κ3) is 4.35. The summed E-state index contributed by atoms with van der Waals surface area (Å²) in [5.41, 5.74) is 2.09. The third-order valence-corrected chi connectivity index (χ3v) is 7.24. The van der Waals surface area contributed by atoms with Gasteiger partial charge < -0.3 is 5.11 Å². The largest absolute Gasteiger partial charge is 0.390 e. The predicted octanol–water partition coefficient (Wildman–Crippen LogP) is 5.41. The molecule has 0 saturated carbocycles. The number of aliphatic hydroxyl groups is 1. The molecule has 0 bridgehead atoms. The maximum absolute atomic E-state index is 11.1. The highest BCUT2D eigenvalue weighted by Gasteiger charge is 2.44. The predicted molar refractivity (Wildman–Crippen MR) is 128 cm³/mol. The van der Waals surface area contributed by atoms with E-state index in [2.05, 4.69) is 84.0 Å². The van der Waals surface area contributed by atoms with E-state index in [1.54, 1.807) is 0 Å². The van der Waals surface area contributed by atoms with E-state index in [0.717, 1.165) is 11.8 Å². The van der Waals surface area contributed by atoms with Crippen molar-refractivity contribution in [3.05, 3.63) is 58.1 Å². The van der Waals surface area contributed by atoms with Gasteiger partial charge in [-0.1, -0.05) is 83.6 Å². The zero-order valence-electron chi connectivity index (χ0n) is 20.2. The summed E-state index contributed by atoms with van der Waals surface area (Å²) >= 11 is 0. The summed E-state index contributed by atoms with van der Waals surface area (Å²) < 4.78 is 0. The summed E-state index contributed by atoms with van der Waals surface area (Å²) in [5.74, 6) is 2.13. The molecular weight excluding hydrogens is 366 g/mol. The Kier molecular flexibility index (Phi) is 6.77. The van der Waals surface area contributed by atoms with Crippen molar-refractivity contribution in [3.63, 3.8) is 0 Å². The van der Waals surface area contributed by atoms with Crippen molar-refractivity contribution in [1.29, 1.82) is 0 Å². The smallest absolute Gasteiger partial charge is 0.0660 e. The van der Waals surface area contributed by atoms with Crippen molar-refractivity contribution in [1.82, 2.24) is 0 Å². The zero-order chi connectivity index (χ0) is 22.2. The van der Waals surface area contributed by atoms with Crippen LogP contribution in [0.25, 0.3) is 6.08 Å². The van der Waals surface area contributed by atoms with E-state index in [9.17, 15) is 5.11 Å². The van der Waals surface area contributed by atoms with Crippen molar-refractivity contribution < 1.29 is 5.11 Å². The Hall–Kier alpha value is -1.67. The average Bonchev–Trinajstić information content (AvgIpc) is 2.67. The van der Waals surface area contributed by atoms with Gasteiger partial charge in [0.1, 0.15) is 0 Å². The Balaban J connectivity index is 2.14. The Bertz CT molecular complexity index is 928. The molecule has 0 amide bonds. The first-order valence-electron chi connectivity index (χ1n) is 11.8. The first-order valence-corrected chi connectivity index (χ1v) is 11.8. The number of benzene rings is 1. The molecule has 1 N–H and O–H groups in total. The second kappa shape index (κ2) is 8.83. The fraction of sp³-hybridized carbons (Fsp3) is 0.607. The maximum Gasteiger partial charge on any atom is 0.0660 e. The van der Waals surface area contributed by atoms with Crippen LogP contribution in [0.15, 0.2) is 47.0 Å². The lowest BCUT2D eigenvalue weighted by atomic mass is 9.61. The molecule has 1 aliphatic heterocycles. The molecule has 1 aromatic carbocycles. The summed E-state index contributed by atoms with van der Waals surface area (Å²) in [4.78, 5) is 5.39. The van der Waals surface area contributed by atoms with Crippen LogP contribution in [0.4, 0.5) is 0 Å². The Morgan fingerprint density at radius 1 is 1.13 bits per heavy atom. The van der Waals surface area contributed by atoms with Gasteiger partial charge in [-0.25, -0.2) is 0 Å². The Morgan fingerprint density at radius 2 is 1.83 bits per heavy atom. The van der Waals surface area contributed by atoms with Gasteiger partial charge in [-0.05, 0) is 66.7 Å². The number of hydrogen-bond acceptors (Lipinski definition) is 2. The number of nitrogens with zero attached hydrogens (tertiary/aromatic N) is 1. The van der Waals surface area contributed by atoms with E-state index in [1.165, 1.54) is 16.4 Å². The second-order valence-corrected chi connectivity index (χ2v) is 10.6. The maximum atomic E-state index is 11.1. The molecule has 4 unspecified atom stereocenters. The minimum atomic E-state index is -0.757. The second-order valence-electron chi connectivity index (χ2n) is 10.6. The van der Waals surface area contributed by atoms with Crippen LogP contribution in [0.2, 0.25) is 0 Å². The molecule has 30 heavy (non-hydrogen) atoms. The van der Waals surface area contributed by atoms with Gasteiger partial charge in [0.15, 0.2) is 0 Å². The topological polar surface area (TPSA) is 32.6 Å². The number of rotatable bonds is 6.